The van der Waals surface area contributed by atoms with E-state index in [9.17, 15) is 0 Å². The van der Waals surface area contributed by atoms with E-state index in [0.29, 0.717) is 0 Å². The maximum Gasteiger partial charge on any atom is -0.0149 e. The molecule has 0 saturated heterocycles. The maximum absolute atomic E-state index is 2.28. The molecule has 13 heavy (non-hydrogen) atoms. The highest BCUT2D eigenvalue weighted by atomic mass is 28.1. The molecule has 0 atom stereocenters. The fourth-order valence-corrected chi connectivity index (χ4v) is 1.56. The van der Waals surface area contributed by atoms with E-state index in [2.05, 4.69) is 13.8 Å². The monoisotopic (exact) mass is 202 g/mol. The van der Waals surface area contributed by atoms with Gasteiger partial charge >= 0.3 is 0 Å². The first-order chi connectivity index (χ1) is 5.91. The Morgan fingerprint density at radius 1 is 0.462 bits per heavy atom. The van der Waals surface area contributed by atoms with Crippen LogP contribution in [0.5, 0.6) is 0 Å². The van der Waals surface area contributed by atoms with Gasteiger partial charge in [-0.25, -0.2) is 0 Å². The zero-order valence-corrected chi connectivity index (χ0v) is 9.07. The number of rotatable bonds is 9. The summed E-state index contributed by atoms with van der Waals surface area (Å²) in [4.78, 5) is 0. The van der Waals surface area contributed by atoms with E-state index in [1.165, 1.54) is 64.2 Å². The predicted molar refractivity (Wildman–Crippen MR) is 68.9 cm³/mol. The van der Waals surface area contributed by atoms with E-state index in [4.69, 9.17) is 0 Å². The van der Waals surface area contributed by atoms with Crippen molar-refractivity contribution >= 4 is 11.0 Å². The van der Waals surface area contributed by atoms with Crippen molar-refractivity contribution in [3.05, 3.63) is 0 Å². The molecule has 1 heteroatoms. The third-order valence-electron chi connectivity index (χ3n) is 2.46. The molecule has 0 unspecified atom stereocenters. The lowest BCUT2D eigenvalue weighted by Gasteiger charge is -1.99. The Kier molecular flexibility index (Phi) is 17.8. The highest BCUT2D eigenvalue weighted by Gasteiger charge is 1.90. The molecule has 0 N–H and O–H groups in total. The smallest absolute Gasteiger partial charge is 0.0149 e. The molecule has 0 aliphatic carbocycles. The van der Waals surface area contributed by atoms with Crippen LogP contribution in [0.15, 0.2) is 0 Å². The van der Waals surface area contributed by atoms with Crippen molar-refractivity contribution in [3.8, 4) is 0 Å². The lowest BCUT2D eigenvalue weighted by atomic mass is 10.1. The third kappa shape index (κ3) is 15.0. The van der Waals surface area contributed by atoms with Crippen molar-refractivity contribution in [2.24, 2.45) is 0 Å². The average molecular weight is 202 g/mol. The van der Waals surface area contributed by atoms with E-state index in [-0.39, 0.29) is 11.0 Å². The normalized spacial score (nSPS) is 9.69. The van der Waals surface area contributed by atoms with Crippen molar-refractivity contribution in [1.29, 1.82) is 0 Å². The lowest BCUT2D eigenvalue weighted by molar-refractivity contribution is 0.562. The summed E-state index contributed by atoms with van der Waals surface area (Å²) in [5, 5.41) is 0. The minimum atomic E-state index is 0. The zero-order chi connectivity index (χ0) is 9.07. The lowest BCUT2D eigenvalue weighted by Crippen LogP contribution is -1.80. The van der Waals surface area contributed by atoms with Gasteiger partial charge < -0.3 is 0 Å². The fraction of sp³-hybridized carbons (Fsp3) is 1.00. The van der Waals surface area contributed by atoms with Gasteiger partial charge in [0.05, 0.1) is 0 Å². The molecule has 0 aromatic carbocycles. The number of hydrogen-bond donors (Lipinski definition) is 0. The van der Waals surface area contributed by atoms with Gasteiger partial charge in [-0.15, -0.1) is 0 Å². The summed E-state index contributed by atoms with van der Waals surface area (Å²) in [6, 6.07) is 0. The van der Waals surface area contributed by atoms with E-state index in [1.807, 2.05) is 0 Å². The highest BCUT2D eigenvalue weighted by Crippen LogP contribution is 2.09. The summed E-state index contributed by atoms with van der Waals surface area (Å²) in [6.07, 6.45) is 14.4. The van der Waals surface area contributed by atoms with E-state index < -0.39 is 0 Å². The molecule has 0 aromatic heterocycles. The second kappa shape index (κ2) is 14.7. The molecule has 0 heterocycles. The average Bonchev–Trinajstić information content (AvgIpc) is 2.10. The molecule has 0 radical (unpaired) electrons. The first-order valence-corrected chi connectivity index (χ1v) is 5.91. The Morgan fingerprint density at radius 3 is 0.923 bits per heavy atom. The van der Waals surface area contributed by atoms with Crippen molar-refractivity contribution in [1.82, 2.24) is 0 Å². The number of hydrogen-bond acceptors (Lipinski definition) is 0. The standard InChI is InChI=1S/C12H26.H4Si/c1-3-5-7-9-11-12-10-8-6-4-2;/h3-12H2,1-2H3;1H4. The second-order valence-electron chi connectivity index (χ2n) is 3.83. The van der Waals surface area contributed by atoms with Gasteiger partial charge in [-0.3, -0.25) is 0 Å². The molecule has 0 fully saturated rings. The van der Waals surface area contributed by atoms with E-state index >= 15 is 0 Å². The molecule has 0 spiro atoms. The first kappa shape index (κ1) is 15.7. The van der Waals surface area contributed by atoms with Crippen LogP contribution in [0.2, 0.25) is 0 Å². The SMILES string of the molecule is CCCCCCCCCCCC.[SiH4]. The van der Waals surface area contributed by atoms with Gasteiger partial charge in [0.1, 0.15) is 0 Å². The van der Waals surface area contributed by atoms with Crippen LogP contribution in [0.25, 0.3) is 0 Å². The van der Waals surface area contributed by atoms with Gasteiger partial charge in [0.2, 0.25) is 0 Å². The molecule has 0 aromatic rings. The Balaban J connectivity index is 0. The van der Waals surface area contributed by atoms with Crippen LogP contribution in [-0.2, 0) is 0 Å². The van der Waals surface area contributed by atoms with Gasteiger partial charge in [0.15, 0.2) is 0 Å². The van der Waals surface area contributed by atoms with Gasteiger partial charge in [-0.1, -0.05) is 78.1 Å². The van der Waals surface area contributed by atoms with Crippen LogP contribution >= 0.6 is 0 Å². The van der Waals surface area contributed by atoms with Crippen LogP contribution in [0, 0.1) is 0 Å². The van der Waals surface area contributed by atoms with Crippen LogP contribution in [0.1, 0.15) is 78.1 Å². The predicted octanol–water partition coefficient (Wildman–Crippen LogP) is 3.48. The van der Waals surface area contributed by atoms with Crippen molar-refractivity contribution in [2.45, 2.75) is 78.1 Å². The zero-order valence-electron chi connectivity index (χ0n) is 9.07. The largest absolute Gasteiger partial charge is 0.0654 e. The minimum absolute atomic E-state index is 0. The molecule has 0 nitrogen and oxygen atoms in total. The van der Waals surface area contributed by atoms with E-state index in [0.717, 1.165) is 0 Å². The Bertz CT molecular complexity index is 61.5. The minimum Gasteiger partial charge on any atom is -0.0654 e. The van der Waals surface area contributed by atoms with E-state index in [1.54, 1.807) is 0 Å². The number of unbranched alkanes of at least 4 members (excludes halogenated alkanes) is 9. The van der Waals surface area contributed by atoms with Gasteiger partial charge in [-0.05, 0) is 11.0 Å². The van der Waals surface area contributed by atoms with Crippen LogP contribution in [-0.4, -0.2) is 11.0 Å². The molecule has 0 aliphatic rings. The Morgan fingerprint density at radius 2 is 0.692 bits per heavy atom. The Hall–Kier alpha value is 0.217. The highest BCUT2D eigenvalue weighted by molar-refractivity contribution is 5.75. The molecule has 0 aliphatic heterocycles. The quantitative estimate of drug-likeness (QED) is 0.397. The molecule has 0 rings (SSSR count). The molecular weight excluding hydrogens is 172 g/mol. The summed E-state index contributed by atoms with van der Waals surface area (Å²) in [5.41, 5.74) is 0. The van der Waals surface area contributed by atoms with Crippen LogP contribution in [0.3, 0.4) is 0 Å². The molecule has 82 valence electrons. The molecule has 0 bridgehead atoms. The molecule has 0 amide bonds. The Labute approximate surface area is 89.5 Å². The summed E-state index contributed by atoms with van der Waals surface area (Å²) in [6.45, 7) is 4.56. The van der Waals surface area contributed by atoms with Crippen molar-refractivity contribution in [3.63, 3.8) is 0 Å². The molecular formula is C12H30Si. The van der Waals surface area contributed by atoms with Gasteiger partial charge in [0, 0.05) is 0 Å². The fourth-order valence-electron chi connectivity index (χ4n) is 1.56. The van der Waals surface area contributed by atoms with Crippen molar-refractivity contribution < 1.29 is 0 Å². The summed E-state index contributed by atoms with van der Waals surface area (Å²) in [7, 11) is 0. The summed E-state index contributed by atoms with van der Waals surface area (Å²) < 4.78 is 0. The summed E-state index contributed by atoms with van der Waals surface area (Å²) in [5.74, 6) is 0. The molecule has 0 saturated carbocycles. The van der Waals surface area contributed by atoms with Gasteiger partial charge in [-0.2, -0.15) is 0 Å². The topological polar surface area (TPSA) is 0 Å². The van der Waals surface area contributed by atoms with Crippen LogP contribution in [0.4, 0.5) is 0 Å². The maximum atomic E-state index is 2.28. The summed E-state index contributed by atoms with van der Waals surface area (Å²) >= 11 is 0. The van der Waals surface area contributed by atoms with Gasteiger partial charge in [0.25, 0.3) is 0 Å². The second-order valence-corrected chi connectivity index (χ2v) is 3.83. The third-order valence-corrected chi connectivity index (χ3v) is 2.46. The van der Waals surface area contributed by atoms with Crippen LogP contribution < -0.4 is 0 Å². The van der Waals surface area contributed by atoms with Crippen molar-refractivity contribution in [2.75, 3.05) is 0 Å². The first-order valence-electron chi connectivity index (χ1n) is 5.91.